The normalized spacial score (nSPS) is 21.6. The minimum absolute atomic E-state index is 0.0571. The Kier molecular flexibility index (Phi) is 10.2. The van der Waals surface area contributed by atoms with Crippen LogP contribution >= 0.6 is 0 Å². The van der Waals surface area contributed by atoms with E-state index in [0.29, 0.717) is 29.8 Å². The lowest BCUT2D eigenvalue weighted by atomic mass is 10.0. The van der Waals surface area contributed by atoms with Crippen LogP contribution < -0.4 is 16.5 Å². The van der Waals surface area contributed by atoms with E-state index in [9.17, 15) is 27.5 Å². The first kappa shape index (κ1) is 32.5. The minimum Gasteiger partial charge on any atom is -0.446 e. The largest absolute Gasteiger partial charge is 0.446 e. The molecule has 12 nitrogen and oxygen atoms in total. The van der Waals surface area contributed by atoms with Gasteiger partial charge in [0.1, 0.15) is 17.5 Å². The number of hydrogen-bond donors (Lipinski definition) is 4. The maximum Gasteiger partial charge on any atom is 0.423 e. The summed E-state index contributed by atoms with van der Waals surface area (Å²) >= 11 is 0. The van der Waals surface area contributed by atoms with E-state index in [-0.39, 0.29) is 18.6 Å². The van der Waals surface area contributed by atoms with Crippen molar-refractivity contribution in [3.05, 3.63) is 59.9 Å². The second-order valence-corrected chi connectivity index (χ2v) is 13.7. The summed E-state index contributed by atoms with van der Waals surface area (Å²) in [5, 5.41) is 14.0. The number of carbonyl (C=O) groups excluding carboxylic acids is 2. The molecule has 2 fully saturated rings. The van der Waals surface area contributed by atoms with Gasteiger partial charge in [0, 0.05) is 13.0 Å². The molecule has 1 aliphatic heterocycles. The summed E-state index contributed by atoms with van der Waals surface area (Å²) in [4.78, 5) is 25.2. The first-order chi connectivity index (χ1) is 20.2. The molecule has 2 aromatic rings. The van der Waals surface area contributed by atoms with E-state index >= 15 is 0 Å². The second-order valence-electron chi connectivity index (χ2n) is 11.8. The Bertz CT molecular complexity index is 1380. The van der Waals surface area contributed by atoms with Gasteiger partial charge in [-0.25, -0.2) is 27.8 Å². The van der Waals surface area contributed by atoms with Gasteiger partial charge in [0.15, 0.2) is 0 Å². The summed E-state index contributed by atoms with van der Waals surface area (Å²) < 4.78 is 58.1. The molecule has 5 N–H and O–H groups in total. The number of ether oxygens (including phenoxy) is 3. The summed E-state index contributed by atoms with van der Waals surface area (Å²) in [5.41, 5.74) is 7.12. The van der Waals surface area contributed by atoms with E-state index in [0.717, 1.165) is 30.2 Å². The zero-order chi connectivity index (χ0) is 31.4. The summed E-state index contributed by atoms with van der Waals surface area (Å²) in [7, 11) is -4.59. The van der Waals surface area contributed by atoms with E-state index in [2.05, 4.69) is 10.7 Å². The molecule has 14 heteroatoms. The third-order valence-electron chi connectivity index (χ3n) is 7.27. The van der Waals surface area contributed by atoms with Crippen LogP contribution in [0.4, 0.5) is 19.7 Å². The molecule has 0 bridgehead atoms. The zero-order valence-corrected chi connectivity index (χ0v) is 25.2. The predicted octanol–water partition coefficient (Wildman–Crippen LogP) is 3.10. The number of halogens is 1. The fourth-order valence-corrected chi connectivity index (χ4v) is 6.53. The molecule has 2 aromatic carbocycles. The standard InChI is InChI=1S/C29H39FN4O8S/c1-29(2,3)42-28(37)33-34(43(38,39)21-9-10-22(30)23(31)16-21)17-25(35)24(13-18-7-5-4-6-8-18)32-27(36)41-20-14-19-11-12-40-26(19)15-20/h4-10,16,19-20,24-26,35H,11-15,17,31H2,1-3H3,(H,32,36)(H,33,37)/t19?,20?,24-,25+,26+/m0/s1. The lowest BCUT2D eigenvalue weighted by molar-refractivity contribution is 0.0331. The van der Waals surface area contributed by atoms with Gasteiger partial charge in [-0.1, -0.05) is 30.3 Å². The number of hydrogen-bond acceptors (Lipinski definition) is 9. The third kappa shape index (κ3) is 8.78. The minimum atomic E-state index is -4.59. The van der Waals surface area contributed by atoms with Crippen molar-refractivity contribution in [1.82, 2.24) is 15.2 Å². The summed E-state index contributed by atoms with van der Waals surface area (Å²) in [6, 6.07) is 10.7. The van der Waals surface area contributed by atoms with E-state index in [1.807, 2.05) is 6.07 Å². The van der Waals surface area contributed by atoms with Crippen LogP contribution in [0.1, 0.15) is 45.6 Å². The Morgan fingerprint density at radius 1 is 1.16 bits per heavy atom. The number of rotatable bonds is 10. The zero-order valence-electron chi connectivity index (χ0n) is 24.4. The number of hydrazine groups is 1. The molecule has 4 rings (SSSR count). The molecule has 0 radical (unpaired) electrons. The molecule has 43 heavy (non-hydrogen) atoms. The van der Waals surface area contributed by atoms with Crippen molar-refractivity contribution in [3.8, 4) is 0 Å². The fourth-order valence-electron chi connectivity index (χ4n) is 5.21. The molecular weight excluding hydrogens is 583 g/mol. The number of nitrogen functional groups attached to an aromatic ring is 1. The Hall–Kier alpha value is -3.46. The second kappa shape index (κ2) is 13.5. The third-order valence-corrected chi connectivity index (χ3v) is 8.94. The highest BCUT2D eigenvalue weighted by Gasteiger charge is 2.41. The number of alkyl carbamates (subject to hydrolysis) is 1. The molecule has 1 aliphatic carbocycles. The lowest BCUT2D eigenvalue weighted by Crippen LogP contribution is -2.55. The molecule has 5 atom stereocenters. The van der Waals surface area contributed by atoms with Crippen molar-refractivity contribution in [3.63, 3.8) is 0 Å². The molecular formula is C29H39FN4O8S. The summed E-state index contributed by atoms with van der Waals surface area (Å²) in [6.45, 7) is 4.76. The van der Waals surface area contributed by atoms with Crippen LogP contribution in [0.25, 0.3) is 0 Å². The number of carbonyl (C=O) groups is 2. The van der Waals surface area contributed by atoms with Gasteiger partial charge in [-0.15, -0.1) is 4.41 Å². The van der Waals surface area contributed by atoms with Crippen molar-refractivity contribution in [2.75, 3.05) is 18.9 Å². The van der Waals surface area contributed by atoms with E-state index in [4.69, 9.17) is 19.9 Å². The number of fused-ring (bicyclic) bond motifs is 1. The fraction of sp³-hybridized carbons (Fsp3) is 0.517. The predicted molar refractivity (Wildman–Crippen MR) is 155 cm³/mol. The van der Waals surface area contributed by atoms with Gasteiger partial charge in [-0.3, -0.25) is 0 Å². The van der Waals surface area contributed by atoms with Crippen molar-refractivity contribution < 1.29 is 41.7 Å². The SMILES string of the molecule is CC(C)(C)OC(=O)NN(C[C@@H](O)[C@H](Cc1ccccc1)NC(=O)OC1CC2CCO[C@@H]2C1)S(=O)(=O)c1ccc(F)c(N)c1. The molecule has 1 saturated heterocycles. The van der Waals surface area contributed by atoms with Gasteiger partial charge >= 0.3 is 12.2 Å². The van der Waals surface area contributed by atoms with Crippen molar-refractivity contribution in [2.45, 2.75) is 81.3 Å². The summed E-state index contributed by atoms with van der Waals surface area (Å²) in [5.74, 6) is -0.490. The van der Waals surface area contributed by atoms with Crippen molar-refractivity contribution in [2.24, 2.45) is 5.92 Å². The number of nitrogens with zero attached hydrogens (tertiary/aromatic N) is 1. The van der Waals surface area contributed by atoms with Crippen LogP contribution in [-0.4, -0.2) is 73.2 Å². The van der Waals surface area contributed by atoms with Gasteiger partial charge in [0.05, 0.1) is 35.4 Å². The average molecular weight is 623 g/mol. The maximum absolute atomic E-state index is 13.8. The highest BCUT2D eigenvalue weighted by molar-refractivity contribution is 7.89. The number of sulfonamides is 1. The Morgan fingerprint density at radius 3 is 2.53 bits per heavy atom. The highest BCUT2D eigenvalue weighted by Crippen LogP contribution is 2.37. The van der Waals surface area contributed by atoms with Crippen LogP contribution in [0.2, 0.25) is 0 Å². The van der Waals surface area contributed by atoms with Crippen molar-refractivity contribution in [1.29, 1.82) is 0 Å². The summed E-state index contributed by atoms with van der Waals surface area (Å²) in [6.07, 6.45) is -1.45. The lowest BCUT2D eigenvalue weighted by Gasteiger charge is -2.30. The van der Waals surface area contributed by atoms with E-state index in [1.54, 1.807) is 45.0 Å². The maximum atomic E-state index is 13.8. The number of benzene rings is 2. The van der Waals surface area contributed by atoms with Crippen molar-refractivity contribution >= 4 is 27.9 Å². The molecule has 2 aliphatic rings. The quantitative estimate of drug-likeness (QED) is 0.230. The number of aliphatic hydroxyl groups is 1. The van der Waals surface area contributed by atoms with Crippen LogP contribution in [0.5, 0.6) is 0 Å². The van der Waals surface area contributed by atoms with Gasteiger partial charge in [-0.05, 0) is 69.7 Å². The molecule has 2 amide bonds. The van der Waals surface area contributed by atoms with Gasteiger partial charge in [-0.2, -0.15) is 0 Å². The Morgan fingerprint density at radius 2 is 1.88 bits per heavy atom. The van der Waals surface area contributed by atoms with Crippen LogP contribution in [0.15, 0.2) is 53.4 Å². The topological polar surface area (TPSA) is 170 Å². The van der Waals surface area contributed by atoms with Gasteiger partial charge in [0.2, 0.25) is 0 Å². The first-order valence-corrected chi connectivity index (χ1v) is 15.5. The molecule has 2 unspecified atom stereocenters. The van der Waals surface area contributed by atoms with Crippen LogP contribution in [0, 0.1) is 11.7 Å². The van der Waals surface area contributed by atoms with E-state index < -0.39 is 62.9 Å². The molecule has 0 spiro atoms. The van der Waals surface area contributed by atoms with Crippen LogP contribution in [0.3, 0.4) is 0 Å². The Balaban J connectivity index is 1.55. The highest BCUT2D eigenvalue weighted by atomic mass is 32.2. The van der Waals surface area contributed by atoms with Gasteiger partial charge < -0.3 is 30.4 Å². The number of aliphatic hydroxyl groups excluding tert-OH is 1. The first-order valence-electron chi connectivity index (χ1n) is 14.1. The Labute approximate surface area is 250 Å². The number of amides is 2. The monoisotopic (exact) mass is 622 g/mol. The van der Waals surface area contributed by atoms with Gasteiger partial charge in [0.25, 0.3) is 10.0 Å². The average Bonchev–Trinajstić information content (AvgIpc) is 3.51. The van der Waals surface area contributed by atoms with Crippen LogP contribution in [-0.2, 0) is 30.7 Å². The smallest absolute Gasteiger partial charge is 0.423 e. The number of nitrogens with one attached hydrogen (secondary N) is 2. The number of anilines is 1. The molecule has 1 saturated carbocycles. The molecule has 236 valence electrons. The molecule has 0 aromatic heterocycles. The number of nitrogens with two attached hydrogens (primary N) is 1. The van der Waals surface area contributed by atoms with E-state index in [1.165, 1.54) is 0 Å². The molecule has 1 heterocycles.